The van der Waals surface area contributed by atoms with Crippen molar-refractivity contribution in [1.82, 2.24) is 10.2 Å². The van der Waals surface area contributed by atoms with Crippen LogP contribution in [0.4, 0.5) is 5.69 Å². The molecule has 0 unspecified atom stereocenters. The Hall–Kier alpha value is -3.02. The van der Waals surface area contributed by atoms with Crippen LogP contribution in [-0.4, -0.2) is 21.3 Å². The highest BCUT2D eigenvalue weighted by Crippen LogP contribution is 2.48. The molecule has 128 valence electrons. The van der Waals surface area contributed by atoms with Crippen molar-refractivity contribution in [3.8, 4) is 11.5 Å². The van der Waals surface area contributed by atoms with Gasteiger partial charge in [0.1, 0.15) is 11.5 Å². The first-order valence-electron chi connectivity index (χ1n) is 8.25. The molecule has 0 amide bonds. The number of H-pyrrole nitrogens is 1. The Morgan fingerprint density at radius 2 is 2.20 bits per heavy atom. The summed E-state index contributed by atoms with van der Waals surface area (Å²) in [7, 11) is 0. The van der Waals surface area contributed by atoms with E-state index >= 15 is 0 Å². The Labute approximate surface area is 144 Å². The molecule has 0 aliphatic heterocycles. The number of aliphatic carboxylic acids is 1. The van der Waals surface area contributed by atoms with Gasteiger partial charge < -0.3 is 14.8 Å². The first-order chi connectivity index (χ1) is 12.1. The summed E-state index contributed by atoms with van der Waals surface area (Å²) in [4.78, 5) is 11.5. The van der Waals surface area contributed by atoms with Crippen molar-refractivity contribution in [2.24, 2.45) is 0 Å². The maximum absolute atomic E-state index is 11.5. The highest BCUT2D eigenvalue weighted by Gasteiger charge is 2.51. The molecule has 2 aromatic heterocycles. The van der Waals surface area contributed by atoms with Gasteiger partial charge in [0.05, 0.1) is 11.6 Å². The van der Waals surface area contributed by atoms with Gasteiger partial charge >= 0.3 is 5.97 Å². The van der Waals surface area contributed by atoms with Crippen LogP contribution in [0.2, 0.25) is 0 Å². The summed E-state index contributed by atoms with van der Waals surface area (Å²) in [6.07, 6.45) is 3.18. The molecule has 3 aromatic rings. The number of anilines is 1. The molecule has 6 heteroatoms. The zero-order chi connectivity index (χ0) is 17.4. The number of carbonyl (C=O) groups is 1. The molecule has 1 aliphatic carbocycles. The van der Waals surface area contributed by atoms with Gasteiger partial charge in [-0.15, -0.1) is 0 Å². The van der Waals surface area contributed by atoms with Crippen molar-refractivity contribution in [2.75, 3.05) is 5.32 Å². The molecule has 1 aromatic carbocycles. The third kappa shape index (κ3) is 2.80. The molecule has 0 saturated heterocycles. The van der Waals surface area contributed by atoms with Crippen molar-refractivity contribution in [3.63, 3.8) is 0 Å². The fourth-order valence-electron chi connectivity index (χ4n) is 3.10. The second kappa shape index (κ2) is 5.81. The number of hydrogen-bond acceptors (Lipinski definition) is 4. The second-order valence-corrected chi connectivity index (χ2v) is 6.50. The van der Waals surface area contributed by atoms with E-state index in [4.69, 9.17) is 4.42 Å². The fraction of sp³-hybridized carbons (Fsp3) is 0.263. The van der Waals surface area contributed by atoms with Gasteiger partial charge in [-0.05, 0) is 49.6 Å². The predicted molar refractivity (Wildman–Crippen MR) is 93.3 cm³/mol. The third-order valence-electron chi connectivity index (χ3n) is 4.76. The number of aromatic nitrogens is 2. The lowest BCUT2D eigenvalue weighted by Gasteiger charge is -2.13. The second-order valence-electron chi connectivity index (χ2n) is 6.50. The van der Waals surface area contributed by atoms with Crippen molar-refractivity contribution < 1.29 is 14.3 Å². The number of furan rings is 1. The lowest BCUT2D eigenvalue weighted by atomic mass is 9.96. The molecule has 2 heterocycles. The SMILES string of the molecule is Cc1ccc(-c2[nH]ncc2CNc2cccc(C3(C(=O)O)CC3)c2)o1. The van der Waals surface area contributed by atoms with Gasteiger partial charge in [-0.25, -0.2) is 0 Å². The third-order valence-corrected chi connectivity index (χ3v) is 4.76. The van der Waals surface area contributed by atoms with E-state index in [1.807, 2.05) is 43.3 Å². The monoisotopic (exact) mass is 337 g/mol. The molecule has 3 N–H and O–H groups in total. The number of carboxylic acids is 1. The van der Waals surface area contributed by atoms with Gasteiger partial charge in [0.15, 0.2) is 5.76 Å². The lowest BCUT2D eigenvalue weighted by Crippen LogP contribution is -2.19. The summed E-state index contributed by atoms with van der Waals surface area (Å²) < 4.78 is 5.65. The summed E-state index contributed by atoms with van der Waals surface area (Å²) in [5, 5.41) is 19.9. The van der Waals surface area contributed by atoms with E-state index in [2.05, 4.69) is 15.5 Å². The molecule has 1 saturated carbocycles. The van der Waals surface area contributed by atoms with E-state index in [0.29, 0.717) is 19.4 Å². The Bertz CT molecular complexity index is 921. The average Bonchev–Trinajstić information content (AvgIpc) is 3.11. The minimum Gasteiger partial charge on any atom is -0.481 e. The smallest absolute Gasteiger partial charge is 0.314 e. The summed E-state index contributed by atoms with van der Waals surface area (Å²) in [5.74, 6) is 0.859. The number of benzene rings is 1. The first-order valence-corrected chi connectivity index (χ1v) is 8.25. The van der Waals surface area contributed by atoms with Gasteiger partial charge in [0, 0.05) is 17.8 Å². The van der Waals surface area contributed by atoms with Gasteiger partial charge in [0.25, 0.3) is 0 Å². The highest BCUT2D eigenvalue weighted by molar-refractivity contribution is 5.85. The van der Waals surface area contributed by atoms with Crippen LogP contribution in [0.25, 0.3) is 11.5 Å². The van der Waals surface area contributed by atoms with Crippen LogP contribution < -0.4 is 5.32 Å². The van der Waals surface area contributed by atoms with Gasteiger partial charge in [0.2, 0.25) is 0 Å². The Kier molecular flexibility index (Phi) is 3.60. The molecule has 4 rings (SSSR count). The maximum Gasteiger partial charge on any atom is 0.314 e. The molecule has 0 bridgehead atoms. The number of rotatable bonds is 6. The van der Waals surface area contributed by atoms with Crippen molar-refractivity contribution in [3.05, 3.63) is 59.5 Å². The van der Waals surface area contributed by atoms with E-state index in [9.17, 15) is 9.90 Å². The van der Waals surface area contributed by atoms with Crippen molar-refractivity contribution in [1.29, 1.82) is 0 Å². The zero-order valence-corrected chi connectivity index (χ0v) is 13.9. The minimum absolute atomic E-state index is 0.565. The molecule has 0 spiro atoms. The van der Waals surface area contributed by atoms with Crippen LogP contribution in [0.5, 0.6) is 0 Å². The van der Waals surface area contributed by atoms with Gasteiger partial charge in [-0.2, -0.15) is 5.10 Å². The Morgan fingerprint density at radius 1 is 1.36 bits per heavy atom. The molecule has 0 radical (unpaired) electrons. The number of nitrogens with zero attached hydrogens (tertiary/aromatic N) is 1. The van der Waals surface area contributed by atoms with E-state index in [0.717, 1.165) is 34.0 Å². The zero-order valence-electron chi connectivity index (χ0n) is 13.9. The molecule has 1 fully saturated rings. The number of carboxylic acid groups (broad SMARTS) is 1. The van der Waals surface area contributed by atoms with Crippen LogP contribution in [0.3, 0.4) is 0 Å². The van der Waals surface area contributed by atoms with Gasteiger partial charge in [-0.3, -0.25) is 9.89 Å². The molecule has 25 heavy (non-hydrogen) atoms. The van der Waals surface area contributed by atoms with E-state index in [-0.39, 0.29) is 0 Å². The molecule has 0 atom stereocenters. The van der Waals surface area contributed by atoms with Crippen LogP contribution in [0.15, 0.2) is 47.0 Å². The van der Waals surface area contributed by atoms with E-state index in [1.165, 1.54) is 0 Å². The standard InChI is InChI=1S/C19H19N3O3/c1-12-5-6-16(25-12)17-13(11-21-22-17)10-20-15-4-2-3-14(9-15)19(7-8-19)18(23)24/h2-6,9,11,20H,7-8,10H2,1H3,(H,21,22)(H,23,24). The van der Waals surface area contributed by atoms with Crippen LogP contribution in [-0.2, 0) is 16.8 Å². The highest BCUT2D eigenvalue weighted by atomic mass is 16.4. The summed E-state index contributed by atoms with van der Waals surface area (Å²) in [6, 6.07) is 11.5. The van der Waals surface area contributed by atoms with Crippen LogP contribution in [0, 0.1) is 6.92 Å². The van der Waals surface area contributed by atoms with E-state index < -0.39 is 11.4 Å². The summed E-state index contributed by atoms with van der Waals surface area (Å²) >= 11 is 0. The first kappa shape index (κ1) is 15.5. The van der Waals surface area contributed by atoms with Gasteiger partial charge in [-0.1, -0.05) is 12.1 Å². The molecular weight excluding hydrogens is 318 g/mol. The number of aryl methyl sites for hydroxylation is 1. The van der Waals surface area contributed by atoms with Crippen molar-refractivity contribution >= 4 is 11.7 Å². The summed E-state index contributed by atoms with van der Waals surface area (Å²) in [5.41, 5.74) is 2.90. The normalized spacial score (nSPS) is 15.1. The Balaban J connectivity index is 1.52. The average molecular weight is 337 g/mol. The largest absolute Gasteiger partial charge is 0.481 e. The topological polar surface area (TPSA) is 91.2 Å². The molecular formula is C19H19N3O3. The lowest BCUT2D eigenvalue weighted by molar-refractivity contribution is -0.140. The minimum atomic E-state index is -0.741. The molecule has 1 aliphatic rings. The van der Waals surface area contributed by atoms with E-state index in [1.54, 1.807) is 6.20 Å². The quantitative estimate of drug-likeness (QED) is 0.638. The van der Waals surface area contributed by atoms with Crippen LogP contribution in [0.1, 0.15) is 29.7 Å². The number of aromatic amines is 1. The van der Waals surface area contributed by atoms with Crippen LogP contribution >= 0.6 is 0 Å². The fourth-order valence-corrected chi connectivity index (χ4v) is 3.10. The Morgan fingerprint density at radius 3 is 2.88 bits per heavy atom. The number of nitrogens with one attached hydrogen (secondary N) is 2. The van der Waals surface area contributed by atoms with Crippen molar-refractivity contribution in [2.45, 2.75) is 31.7 Å². The molecule has 6 nitrogen and oxygen atoms in total. The number of hydrogen-bond donors (Lipinski definition) is 3. The predicted octanol–water partition coefficient (Wildman–Crippen LogP) is 3.71. The summed E-state index contributed by atoms with van der Waals surface area (Å²) in [6.45, 7) is 2.47. The maximum atomic E-state index is 11.5.